The van der Waals surface area contributed by atoms with Gasteiger partial charge in [-0.15, -0.1) is 0 Å². The normalized spacial score (nSPS) is 11.2. The SMILES string of the molecule is O=C(CN(c1ccc(Cl)cc1)S(=O)(=O)c1cc([N+](=O)[O-])ccc1Cl)NC(c1ccccc1)c1ccccc1. The number of carbonyl (C=O) groups is 1. The molecule has 0 heterocycles. The Bertz CT molecular complexity index is 1510. The summed E-state index contributed by atoms with van der Waals surface area (Å²) >= 11 is 12.2. The summed E-state index contributed by atoms with van der Waals surface area (Å²) in [7, 11) is -4.52. The Labute approximate surface area is 229 Å². The molecule has 4 aromatic rings. The van der Waals surface area contributed by atoms with Crippen LogP contribution in [0.4, 0.5) is 11.4 Å². The van der Waals surface area contributed by atoms with Gasteiger partial charge in [-0.2, -0.15) is 0 Å². The summed E-state index contributed by atoms with van der Waals surface area (Å²) in [5.41, 5.74) is 1.27. The average Bonchev–Trinajstić information content (AvgIpc) is 2.92. The maximum atomic E-state index is 13.8. The van der Waals surface area contributed by atoms with Gasteiger partial charge in [-0.3, -0.25) is 19.2 Å². The molecule has 0 unspecified atom stereocenters. The number of benzene rings is 4. The highest BCUT2D eigenvalue weighted by Crippen LogP contribution is 2.32. The van der Waals surface area contributed by atoms with Crippen molar-refractivity contribution in [3.05, 3.63) is 134 Å². The van der Waals surface area contributed by atoms with Gasteiger partial charge >= 0.3 is 0 Å². The number of amides is 1. The number of carbonyl (C=O) groups excluding carboxylic acids is 1. The van der Waals surface area contributed by atoms with Crippen LogP contribution < -0.4 is 9.62 Å². The molecule has 8 nitrogen and oxygen atoms in total. The molecule has 0 aliphatic rings. The van der Waals surface area contributed by atoms with Gasteiger partial charge in [0.1, 0.15) is 11.4 Å². The Balaban J connectivity index is 1.73. The van der Waals surface area contributed by atoms with Crippen molar-refractivity contribution in [1.82, 2.24) is 5.32 Å². The summed E-state index contributed by atoms with van der Waals surface area (Å²) < 4.78 is 28.4. The molecule has 0 saturated carbocycles. The van der Waals surface area contributed by atoms with Gasteiger partial charge in [0.05, 0.1) is 21.7 Å². The van der Waals surface area contributed by atoms with Crippen LogP contribution in [0.15, 0.2) is 108 Å². The number of halogens is 2. The first-order chi connectivity index (χ1) is 18.2. The van der Waals surface area contributed by atoms with Gasteiger partial charge in [-0.05, 0) is 41.5 Å². The van der Waals surface area contributed by atoms with Crippen molar-refractivity contribution >= 4 is 50.5 Å². The van der Waals surface area contributed by atoms with Gasteiger partial charge in [-0.1, -0.05) is 83.9 Å². The van der Waals surface area contributed by atoms with Crippen LogP contribution in [-0.4, -0.2) is 25.8 Å². The van der Waals surface area contributed by atoms with Crippen molar-refractivity contribution in [3.8, 4) is 0 Å². The van der Waals surface area contributed by atoms with E-state index in [2.05, 4.69) is 5.32 Å². The van der Waals surface area contributed by atoms with Crippen LogP contribution in [0.1, 0.15) is 17.2 Å². The van der Waals surface area contributed by atoms with Gasteiger partial charge in [-0.25, -0.2) is 8.42 Å². The predicted octanol–water partition coefficient (Wildman–Crippen LogP) is 6.00. The number of anilines is 1. The number of nitrogens with one attached hydrogen (secondary N) is 1. The van der Waals surface area contributed by atoms with E-state index in [1.165, 1.54) is 24.3 Å². The minimum Gasteiger partial charge on any atom is -0.344 e. The summed E-state index contributed by atoms with van der Waals surface area (Å²) in [5, 5.41) is 14.4. The van der Waals surface area contributed by atoms with Crippen LogP contribution in [0.2, 0.25) is 10.0 Å². The van der Waals surface area contributed by atoms with E-state index in [1.54, 1.807) is 0 Å². The molecule has 0 aliphatic heterocycles. The molecule has 1 N–H and O–H groups in total. The molecular formula is C27H21Cl2N3O5S. The van der Waals surface area contributed by atoms with Crippen molar-refractivity contribution in [1.29, 1.82) is 0 Å². The maximum Gasteiger partial charge on any atom is 0.270 e. The Morgan fingerprint density at radius 2 is 1.42 bits per heavy atom. The Kier molecular flexibility index (Phi) is 8.31. The molecule has 0 radical (unpaired) electrons. The first kappa shape index (κ1) is 27.1. The van der Waals surface area contributed by atoms with E-state index in [4.69, 9.17) is 23.2 Å². The molecule has 194 valence electrons. The molecule has 4 aromatic carbocycles. The van der Waals surface area contributed by atoms with E-state index in [-0.39, 0.29) is 10.7 Å². The Morgan fingerprint density at radius 3 is 1.95 bits per heavy atom. The van der Waals surface area contributed by atoms with Crippen LogP contribution in [-0.2, 0) is 14.8 Å². The second-order valence-electron chi connectivity index (χ2n) is 8.18. The first-order valence-corrected chi connectivity index (χ1v) is 13.5. The number of sulfonamides is 1. The lowest BCUT2D eigenvalue weighted by molar-refractivity contribution is -0.385. The molecule has 0 aromatic heterocycles. The van der Waals surface area contributed by atoms with E-state index < -0.39 is 44.0 Å². The molecule has 0 fully saturated rings. The third-order valence-corrected chi connectivity index (χ3v) is 8.17. The molecule has 0 atom stereocenters. The molecule has 0 spiro atoms. The number of hydrogen-bond donors (Lipinski definition) is 1. The van der Waals surface area contributed by atoms with Crippen molar-refractivity contribution in [2.75, 3.05) is 10.8 Å². The van der Waals surface area contributed by atoms with Crippen molar-refractivity contribution in [3.63, 3.8) is 0 Å². The highest BCUT2D eigenvalue weighted by atomic mass is 35.5. The third-order valence-electron chi connectivity index (χ3n) is 5.67. The molecule has 1 amide bonds. The van der Waals surface area contributed by atoms with Crippen LogP contribution >= 0.6 is 23.2 Å². The topological polar surface area (TPSA) is 110 Å². The van der Waals surface area contributed by atoms with Gasteiger partial charge < -0.3 is 5.32 Å². The van der Waals surface area contributed by atoms with E-state index in [0.717, 1.165) is 33.6 Å². The minimum atomic E-state index is -4.52. The number of nitro benzene ring substituents is 1. The second-order valence-corrected chi connectivity index (χ2v) is 10.9. The quantitative estimate of drug-likeness (QED) is 0.196. The molecule has 0 saturated heterocycles. The van der Waals surface area contributed by atoms with Crippen molar-refractivity contribution < 1.29 is 18.1 Å². The van der Waals surface area contributed by atoms with E-state index in [1.807, 2.05) is 60.7 Å². The molecular weight excluding hydrogens is 549 g/mol. The van der Waals surface area contributed by atoms with Crippen molar-refractivity contribution in [2.45, 2.75) is 10.9 Å². The number of hydrogen-bond acceptors (Lipinski definition) is 5. The molecule has 4 rings (SSSR count). The Morgan fingerprint density at radius 1 is 0.868 bits per heavy atom. The molecule has 0 bridgehead atoms. The van der Waals surface area contributed by atoms with Gasteiger partial charge in [0, 0.05) is 17.2 Å². The van der Waals surface area contributed by atoms with Gasteiger partial charge in [0.2, 0.25) is 5.91 Å². The standard InChI is InChI=1S/C27H21Cl2N3O5S/c28-21-11-13-22(14-12-21)31(38(36,37)25-17-23(32(34)35)15-16-24(25)29)18-26(33)30-27(19-7-3-1-4-8-19)20-9-5-2-6-10-20/h1-17,27H,18H2,(H,30,33). The van der Waals surface area contributed by atoms with E-state index >= 15 is 0 Å². The van der Waals surface area contributed by atoms with Crippen molar-refractivity contribution in [2.24, 2.45) is 0 Å². The monoisotopic (exact) mass is 569 g/mol. The van der Waals surface area contributed by atoms with E-state index in [0.29, 0.717) is 5.02 Å². The highest BCUT2D eigenvalue weighted by Gasteiger charge is 2.31. The fraction of sp³-hybridized carbons (Fsp3) is 0.0741. The zero-order chi connectivity index (χ0) is 27.3. The molecule has 11 heteroatoms. The van der Waals surface area contributed by atoms with E-state index in [9.17, 15) is 23.3 Å². The summed E-state index contributed by atoms with van der Waals surface area (Å²) in [6, 6.07) is 26.9. The largest absolute Gasteiger partial charge is 0.344 e. The smallest absolute Gasteiger partial charge is 0.270 e. The lowest BCUT2D eigenvalue weighted by Gasteiger charge is -2.26. The number of non-ortho nitro benzene ring substituents is 1. The lowest BCUT2D eigenvalue weighted by Crippen LogP contribution is -2.42. The van der Waals surface area contributed by atoms with Crippen LogP contribution in [0.5, 0.6) is 0 Å². The van der Waals surface area contributed by atoms with Gasteiger partial charge in [0.15, 0.2) is 0 Å². The third kappa shape index (κ3) is 6.13. The second kappa shape index (κ2) is 11.6. The summed E-state index contributed by atoms with van der Waals surface area (Å²) in [6.07, 6.45) is 0. The average molecular weight is 570 g/mol. The number of nitrogens with zero attached hydrogens (tertiary/aromatic N) is 2. The Hall–Kier alpha value is -3.92. The highest BCUT2D eigenvalue weighted by molar-refractivity contribution is 7.93. The zero-order valence-corrected chi connectivity index (χ0v) is 22.0. The first-order valence-electron chi connectivity index (χ1n) is 11.3. The van der Waals surface area contributed by atoms with Crippen LogP contribution in [0.3, 0.4) is 0 Å². The lowest BCUT2D eigenvalue weighted by atomic mass is 9.99. The maximum absolute atomic E-state index is 13.8. The summed E-state index contributed by atoms with van der Waals surface area (Å²) in [5.74, 6) is -0.609. The van der Waals surface area contributed by atoms with Gasteiger partial charge in [0.25, 0.3) is 15.7 Å². The number of nitro groups is 1. The fourth-order valence-corrected chi connectivity index (χ4v) is 5.88. The predicted molar refractivity (Wildman–Crippen MR) is 147 cm³/mol. The van der Waals surface area contributed by atoms with Crippen LogP contribution in [0.25, 0.3) is 0 Å². The zero-order valence-electron chi connectivity index (χ0n) is 19.7. The summed E-state index contributed by atoms with van der Waals surface area (Å²) in [4.78, 5) is 23.5. The summed E-state index contributed by atoms with van der Waals surface area (Å²) in [6.45, 7) is -0.626. The molecule has 38 heavy (non-hydrogen) atoms. The van der Waals surface area contributed by atoms with Crippen LogP contribution in [0, 0.1) is 10.1 Å². The minimum absolute atomic E-state index is 0.128. The molecule has 0 aliphatic carbocycles. The fourth-order valence-electron chi connectivity index (χ4n) is 3.83. The number of rotatable bonds is 9.